The lowest BCUT2D eigenvalue weighted by atomic mass is 10.1. The van der Waals surface area contributed by atoms with Gasteiger partial charge in [0.15, 0.2) is 0 Å². The molecule has 0 aliphatic rings. The minimum atomic E-state index is -0.474. The molecule has 1 aromatic heterocycles. The minimum absolute atomic E-state index is 0.132. The fraction of sp³-hybridized carbons (Fsp3) is 0.294. The first kappa shape index (κ1) is 16.6. The number of aromatic nitrogens is 2. The Labute approximate surface area is 135 Å². The molecule has 6 heteroatoms. The summed E-state index contributed by atoms with van der Waals surface area (Å²) in [5.74, 6) is -0.299. The average molecular weight is 313 g/mol. The fourth-order valence-electron chi connectivity index (χ4n) is 2.15. The number of hydrogen-bond acceptors (Lipinski definition) is 5. The highest BCUT2D eigenvalue weighted by Gasteiger charge is 2.21. The number of hydrogen-bond donors (Lipinski definition) is 0. The van der Waals surface area contributed by atoms with Crippen LogP contribution in [0.15, 0.2) is 36.5 Å². The minimum Gasteiger partial charge on any atom is -0.468 e. The first-order chi connectivity index (χ1) is 11.0. The predicted octanol–water partition coefficient (Wildman–Crippen LogP) is 1.91. The van der Waals surface area contributed by atoms with E-state index < -0.39 is 5.97 Å². The van der Waals surface area contributed by atoms with Crippen LogP contribution < -0.4 is 0 Å². The third kappa shape index (κ3) is 4.35. The van der Waals surface area contributed by atoms with Gasteiger partial charge in [-0.25, -0.2) is 9.97 Å². The van der Waals surface area contributed by atoms with Gasteiger partial charge in [-0.1, -0.05) is 24.3 Å². The van der Waals surface area contributed by atoms with Gasteiger partial charge in [0, 0.05) is 12.7 Å². The van der Waals surface area contributed by atoms with Crippen LogP contribution in [0.3, 0.4) is 0 Å². The van der Waals surface area contributed by atoms with Crippen molar-refractivity contribution in [2.45, 2.75) is 20.4 Å². The molecule has 2 rings (SSSR count). The zero-order valence-corrected chi connectivity index (χ0v) is 13.4. The number of nitrogens with zero attached hydrogens (tertiary/aromatic N) is 3. The van der Waals surface area contributed by atoms with Crippen LogP contribution in [0.2, 0.25) is 0 Å². The first-order valence-electron chi connectivity index (χ1n) is 7.21. The Bertz CT molecular complexity index is 716. The lowest BCUT2D eigenvalue weighted by Gasteiger charge is -2.22. The van der Waals surface area contributed by atoms with E-state index in [1.165, 1.54) is 24.3 Å². The monoisotopic (exact) mass is 313 g/mol. The molecule has 0 spiro atoms. The number of methoxy groups -OCH3 is 1. The van der Waals surface area contributed by atoms with E-state index in [1.54, 1.807) is 6.92 Å². The maximum Gasteiger partial charge on any atom is 0.325 e. The summed E-state index contributed by atoms with van der Waals surface area (Å²) >= 11 is 0. The van der Waals surface area contributed by atoms with Gasteiger partial charge in [0.2, 0.25) is 0 Å². The van der Waals surface area contributed by atoms with Crippen molar-refractivity contribution < 1.29 is 14.3 Å². The Morgan fingerprint density at radius 3 is 2.57 bits per heavy atom. The van der Waals surface area contributed by atoms with Crippen molar-refractivity contribution >= 4 is 11.9 Å². The number of ether oxygens (including phenoxy) is 1. The van der Waals surface area contributed by atoms with Crippen LogP contribution in [0.4, 0.5) is 0 Å². The quantitative estimate of drug-likeness (QED) is 0.788. The van der Waals surface area contributed by atoms with E-state index >= 15 is 0 Å². The Morgan fingerprint density at radius 1 is 1.17 bits per heavy atom. The maximum absolute atomic E-state index is 12.7. The Morgan fingerprint density at radius 2 is 1.91 bits per heavy atom. The molecule has 120 valence electrons. The summed E-state index contributed by atoms with van der Waals surface area (Å²) in [6.07, 6.45) is 1.53. The van der Waals surface area contributed by atoms with Crippen molar-refractivity contribution in [3.05, 3.63) is 59.2 Å². The van der Waals surface area contributed by atoms with E-state index in [9.17, 15) is 9.59 Å². The van der Waals surface area contributed by atoms with Crippen molar-refractivity contribution in [1.82, 2.24) is 14.9 Å². The molecule has 1 aromatic carbocycles. The van der Waals surface area contributed by atoms with E-state index in [1.807, 2.05) is 31.2 Å². The summed E-state index contributed by atoms with van der Waals surface area (Å²) in [7, 11) is 1.30. The molecule has 0 bridgehead atoms. The second-order valence-electron chi connectivity index (χ2n) is 5.15. The highest BCUT2D eigenvalue weighted by atomic mass is 16.5. The standard InChI is InChI=1S/C17H19N3O3/c1-12-6-4-5-7-14(12)10-20(11-16(21)23-3)17(22)15-8-9-18-13(2)19-15/h4-9H,10-11H2,1-3H3. The Hall–Kier alpha value is -2.76. The molecule has 1 heterocycles. The molecule has 0 fully saturated rings. The summed E-state index contributed by atoms with van der Waals surface area (Å²) in [4.78, 5) is 33.9. The number of amides is 1. The number of carbonyl (C=O) groups is 2. The van der Waals surface area contributed by atoms with Gasteiger partial charge in [0.05, 0.1) is 7.11 Å². The molecule has 6 nitrogen and oxygen atoms in total. The van der Waals surface area contributed by atoms with Crippen LogP contribution in [0.5, 0.6) is 0 Å². The lowest BCUT2D eigenvalue weighted by molar-refractivity contribution is -0.141. The number of aryl methyl sites for hydroxylation is 2. The first-order valence-corrected chi connectivity index (χ1v) is 7.21. The fourth-order valence-corrected chi connectivity index (χ4v) is 2.15. The molecule has 2 aromatic rings. The molecule has 0 saturated heterocycles. The van der Waals surface area contributed by atoms with E-state index in [4.69, 9.17) is 4.74 Å². The predicted molar refractivity (Wildman–Crippen MR) is 84.7 cm³/mol. The van der Waals surface area contributed by atoms with Crippen LogP contribution in [-0.4, -0.2) is 40.4 Å². The molecule has 0 aliphatic carbocycles. The molecular weight excluding hydrogens is 294 g/mol. The van der Waals surface area contributed by atoms with E-state index in [-0.39, 0.29) is 18.1 Å². The lowest BCUT2D eigenvalue weighted by Crippen LogP contribution is -2.36. The molecule has 0 N–H and O–H groups in total. The second kappa shape index (κ2) is 7.49. The summed E-state index contributed by atoms with van der Waals surface area (Å²) in [5, 5.41) is 0. The SMILES string of the molecule is COC(=O)CN(Cc1ccccc1C)C(=O)c1ccnc(C)n1. The molecule has 0 atom stereocenters. The molecule has 23 heavy (non-hydrogen) atoms. The van der Waals surface area contributed by atoms with Crippen LogP contribution in [0.1, 0.15) is 27.4 Å². The number of benzene rings is 1. The summed E-state index contributed by atoms with van der Waals surface area (Å²) in [5.41, 5.74) is 2.28. The second-order valence-corrected chi connectivity index (χ2v) is 5.15. The van der Waals surface area contributed by atoms with Crippen molar-refractivity contribution in [2.75, 3.05) is 13.7 Å². The summed E-state index contributed by atoms with van der Waals surface area (Å²) in [6.45, 7) is 3.85. The number of rotatable bonds is 5. The van der Waals surface area contributed by atoms with Gasteiger partial charge in [-0.15, -0.1) is 0 Å². The Balaban J connectivity index is 2.28. The molecule has 0 unspecified atom stereocenters. The van der Waals surface area contributed by atoms with Crippen LogP contribution >= 0.6 is 0 Å². The van der Waals surface area contributed by atoms with Crippen LogP contribution in [-0.2, 0) is 16.1 Å². The summed E-state index contributed by atoms with van der Waals surface area (Å²) < 4.78 is 4.69. The highest BCUT2D eigenvalue weighted by molar-refractivity contribution is 5.94. The number of esters is 1. The zero-order valence-electron chi connectivity index (χ0n) is 13.4. The van der Waals surface area contributed by atoms with E-state index in [0.717, 1.165) is 11.1 Å². The summed E-state index contributed by atoms with van der Waals surface area (Å²) in [6, 6.07) is 9.26. The maximum atomic E-state index is 12.7. The van der Waals surface area contributed by atoms with Crippen LogP contribution in [0, 0.1) is 13.8 Å². The van der Waals surface area contributed by atoms with Crippen molar-refractivity contribution in [2.24, 2.45) is 0 Å². The van der Waals surface area contributed by atoms with Gasteiger partial charge in [-0.2, -0.15) is 0 Å². The molecule has 0 radical (unpaired) electrons. The third-order valence-electron chi connectivity index (χ3n) is 3.45. The zero-order chi connectivity index (χ0) is 16.8. The normalized spacial score (nSPS) is 10.2. The molecule has 0 aliphatic heterocycles. The molecule has 1 amide bonds. The third-order valence-corrected chi connectivity index (χ3v) is 3.45. The van der Waals surface area contributed by atoms with Gasteiger partial charge in [-0.3, -0.25) is 9.59 Å². The molecular formula is C17H19N3O3. The van der Waals surface area contributed by atoms with Crippen molar-refractivity contribution in [1.29, 1.82) is 0 Å². The van der Waals surface area contributed by atoms with Gasteiger partial charge in [0.1, 0.15) is 18.1 Å². The van der Waals surface area contributed by atoms with E-state index in [0.29, 0.717) is 12.4 Å². The van der Waals surface area contributed by atoms with Gasteiger partial charge in [-0.05, 0) is 31.0 Å². The van der Waals surface area contributed by atoms with Crippen molar-refractivity contribution in [3.63, 3.8) is 0 Å². The largest absolute Gasteiger partial charge is 0.468 e. The van der Waals surface area contributed by atoms with Gasteiger partial charge < -0.3 is 9.64 Å². The molecule has 0 saturated carbocycles. The smallest absolute Gasteiger partial charge is 0.325 e. The Kier molecular flexibility index (Phi) is 5.41. The van der Waals surface area contributed by atoms with Crippen molar-refractivity contribution in [3.8, 4) is 0 Å². The van der Waals surface area contributed by atoms with Crippen LogP contribution in [0.25, 0.3) is 0 Å². The topological polar surface area (TPSA) is 72.4 Å². The average Bonchev–Trinajstić information content (AvgIpc) is 2.55. The van der Waals surface area contributed by atoms with Gasteiger partial charge >= 0.3 is 5.97 Å². The van der Waals surface area contributed by atoms with E-state index in [2.05, 4.69) is 9.97 Å². The van der Waals surface area contributed by atoms with Gasteiger partial charge in [0.25, 0.3) is 5.91 Å². The highest BCUT2D eigenvalue weighted by Crippen LogP contribution is 2.13. The number of carbonyl (C=O) groups excluding carboxylic acids is 2.